The van der Waals surface area contributed by atoms with Gasteiger partial charge in [-0.2, -0.15) is 0 Å². The molecular formula is C17H21ClFN3O3. The number of nitrogens with zero attached hydrogens (tertiary/aromatic N) is 2. The summed E-state index contributed by atoms with van der Waals surface area (Å²) in [5.41, 5.74) is 0.113. The molecule has 2 saturated heterocycles. The Balaban J connectivity index is 1.45. The molecule has 0 unspecified atom stereocenters. The van der Waals surface area contributed by atoms with Gasteiger partial charge in [0, 0.05) is 37.8 Å². The molecule has 2 aliphatic rings. The molecule has 1 N–H and O–H groups in total. The molecule has 0 saturated carbocycles. The van der Waals surface area contributed by atoms with Crippen LogP contribution in [0.15, 0.2) is 18.2 Å². The first-order valence-corrected chi connectivity index (χ1v) is 8.78. The Hall–Kier alpha value is -1.70. The van der Waals surface area contributed by atoms with E-state index >= 15 is 0 Å². The van der Waals surface area contributed by atoms with Crippen molar-refractivity contribution >= 4 is 29.1 Å². The van der Waals surface area contributed by atoms with Crippen molar-refractivity contribution in [3.05, 3.63) is 29.0 Å². The smallest absolute Gasteiger partial charge is 0.251 e. The van der Waals surface area contributed by atoms with Crippen LogP contribution >= 0.6 is 11.6 Å². The van der Waals surface area contributed by atoms with Crippen LogP contribution in [0.25, 0.3) is 0 Å². The highest BCUT2D eigenvalue weighted by Crippen LogP contribution is 2.19. The molecule has 3 rings (SSSR count). The minimum absolute atomic E-state index is 0.0461. The van der Waals surface area contributed by atoms with Crippen LogP contribution in [0.2, 0.25) is 5.02 Å². The zero-order valence-corrected chi connectivity index (χ0v) is 14.6. The van der Waals surface area contributed by atoms with Crippen LogP contribution < -0.4 is 5.32 Å². The number of amides is 2. The van der Waals surface area contributed by atoms with Gasteiger partial charge in [-0.1, -0.05) is 11.6 Å². The zero-order valence-electron chi connectivity index (χ0n) is 13.8. The number of benzene rings is 1. The second-order valence-corrected chi connectivity index (χ2v) is 6.71. The number of carbonyl (C=O) groups excluding carboxylic acids is 2. The Labute approximate surface area is 150 Å². The van der Waals surface area contributed by atoms with Crippen LogP contribution in [0.5, 0.6) is 0 Å². The van der Waals surface area contributed by atoms with Gasteiger partial charge in [0.2, 0.25) is 5.91 Å². The van der Waals surface area contributed by atoms with E-state index in [1.165, 1.54) is 12.1 Å². The third-order valence-corrected chi connectivity index (χ3v) is 4.70. The molecule has 136 valence electrons. The van der Waals surface area contributed by atoms with Gasteiger partial charge in [-0.3, -0.25) is 14.5 Å². The van der Waals surface area contributed by atoms with Gasteiger partial charge in [-0.15, -0.1) is 0 Å². The Bertz CT molecular complexity index is 644. The Kier molecular flexibility index (Phi) is 5.88. The van der Waals surface area contributed by atoms with Gasteiger partial charge < -0.3 is 15.0 Å². The lowest BCUT2D eigenvalue weighted by Crippen LogP contribution is -2.52. The maximum atomic E-state index is 13.7. The minimum Gasteiger partial charge on any atom is -0.368 e. The summed E-state index contributed by atoms with van der Waals surface area (Å²) in [7, 11) is 0. The second kappa shape index (κ2) is 8.12. The highest BCUT2D eigenvalue weighted by molar-refractivity contribution is 6.30. The van der Waals surface area contributed by atoms with Gasteiger partial charge >= 0.3 is 0 Å². The molecule has 2 heterocycles. The van der Waals surface area contributed by atoms with Crippen molar-refractivity contribution < 1.29 is 18.7 Å². The number of ether oxygens (including phenoxy) is 1. The summed E-state index contributed by atoms with van der Waals surface area (Å²) in [6.07, 6.45) is 1.41. The van der Waals surface area contributed by atoms with Gasteiger partial charge in [-0.05, 0) is 31.0 Å². The van der Waals surface area contributed by atoms with Crippen LogP contribution in [-0.2, 0) is 14.3 Å². The highest BCUT2D eigenvalue weighted by atomic mass is 35.5. The van der Waals surface area contributed by atoms with Crippen molar-refractivity contribution in [2.45, 2.75) is 18.9 Å². The van der Waals surface area contributed by atoms with Crippen molar-refractivity contribution in [2.24, 2.45) is 0 Å². The molecule has 2 amide bonds. The Morgan fingerprint density at radius 3 is 2.68 bits per heavy atom. The van der Waals surface area contributed by atoms with Gasteiger partial charge in [-0.25, -0.2) is 4.39 Å². The zero-order chi connectivity index (χ0) is 17.8. The molecule has 1 atom stereocenters. The fraction of sp³-hybridized carbons (Fsp3) is 0.529. The number of carbonyl (C=O) groups is 2. The minimum atomic E-state index is -0.562. The number of hydrogen-bond donors (Lipinski definition) is 1. The van der Waals surface area contributed by atoms with Crippen molar-refractivity contribution in [3.8, 4) is 0 Å². The third kappa shape index (κ3) is 4.68. The largest absolute Gasteiger partial charge is 0.368 e. The van der Waals surface area contributed by atoms with Crippen LogP contribution in [0.1, 0.15) is 12.8 Å². The molecule has 25 heavy (non-hydrogen) atoms. The summed E-state index contributed by atoms with van der Waals surface area (Å²) in [5, 5.41) is 2.83. The molecule has 2 aliphatic heterocycles. The van der Waals surface area contributed by atoms with E-state index in [0.29, 0.717) is 32.8 Å². The average Bonchev–Trinajstić information content (AvgIpc) is 3.12. The normalized spacial score (nSPS) is 21.4. The number of rotatable bonds is 4. The third-order valence-electron chi connectivity index (χ3n) is 4.46. The molecule has 0 aromatic heterocycles. The first-order valence-electron chi connectivity index (χ1n) is 8.40. The van der Waals surface area contributed by atoms with E-state index in [0.717, 1.165) is 18.9 Å². The number of anilines is 1. The molecule has 0 spiro atoms. The van der Waals surface area contributed by atoms with Crippen molar-refractivity contribution in [1.29, 1.82) is 0 Å². The lowest BCUT2D eigenvalue weighted by molar-refractivity contribution is -0.142. The maximum absolute atomic E-state index is 13.7. The monoisotopic (exact) mass is 369 g/mol. The maximum Gasteiger partial charge on any atom is 0.251 e. The van der Waals surface area contributed by atoms with Gasteiger partial charge in [0.05, 0.1) is 12.2 Å². The first-order chi connectivity index (χ1) is 12.0. The summed E-state index contributed by atoms with van der Waals surface area (Å²) in [5.74, 6) is -0.808. The van der Waals surface area contributed by atoms with E-state index in [9.17, 15) is 14.0 Å². The molecule has 1 aromatic carbocycles. The molecule has 2 fully saturated rings. The summed E-state index contributed by atoms with van der Waals surface area (Å²) in [6, 6.07) is 4.12. The van der Waals surface area contributed by atoms with Gasteiger partial charge in [0.15, 0.2) is 0 Å². The predicted molar refractivity (Wildman–Crippen MR) is 92.0 cm³/mol. The number of halogens is 2. The first kappa shape index (κ1) is 18.1. The van der Waals surface area contributed by atoms with Crippen molar-refractivity contribution in [3.63, 3.8) is 0 Å². The lowest BCUT2D eigenvalue weighted by atomic mass is 10.2. The number of piperazine rings is 1. The van der Waals surface area contributed by atoms with Crippen molar-refractivity contribution in [2.75, 3.05) is 44.6 Å². The molecule has 0 aliphatic carbocycles. The summed E-state index contributed by atoms with van der Waals surface area (Å²) in [6.45, 7) is 3.16. The fourth-order valence-electron chi connectivity index (χ4n) is 3.09. The molecule has 8 heteroatoms. The molecular weight excluding hydrogens is 349 g/mol. The molecule has 0 bridgehead atoms. The summed E-state index contributed by atoms with van der Waals surface area (Å²) in [4.78, 5) is 28.1. The molecule has 1 aromatic rings. The fourth-order valence-corrected chi connectivity index (χ4v) is 3.24. The quantitative estimate of drug-likeness (QED) is 0.878. The standard InChI is InChI=1S/C17H21ClFN3O3/c18-12-3-4-14(13(19)10-12)20-16(23)11-21-5-7-22(8-6-21)17(24)15-2-1-9-25-15/h3-4,10,15H,1-2,5-9,11H2,(H,20,23)/t15-/m0/s1. The highest BCUT2D eigenvalue weighted by Gasteiger charge is 2.30. The van der Waals surface area contributed by atoms with E-state index < -0.39 is 5.82 Å². The van der Waals surface area contributed by atoms with Gasteiger partial charge in [0.25, 0.3) is 5.91 Å². The average molecular weight is 370 g/mol. The van der Waals surface area contributed by atoms with E-state index in [2.05, 4.69) is 5.32 Å². The van der Waals surface area contributed by atoms with E-state index in [-0.39, 0.29) is 35.2 Å². The van der Waals surface area contributed by atoms with Crippen LogP contribution in [0.3, 0.4) is 0 Å². The molecule has 6 nitrogen and oxygen atoms in total. The Morgan fingerprint density at radius 2 is 2.04 bits per heavy atom. The van der Waals surface area contributed by atoms with E-state index in [1.807, 2.05) is 4.90 Å². The van der Waals surface area contributed by atoms with Crippen LogP contribution in [0.4, 0.5) is 10.1 Å². The second-order valence-electron chi connectivity index (χ2n) is 6.28. The van der Waals surface area contributed by atoms with E-state index in [1.54, 1.807) is 4.90 Å². The number of nitrogens with one attached hydrogen (secondary N) is 1. The van der Waals surface area contributed by atoms with Crippen LogP contribution in [-0.4, -0.2) is 67.0 Å². The Morgan fingerprint density at radius 1 is 1.28 bits per heavy atom. The van der Waals surface area contributed by atoms with Crippen molar-refractivity contribution in [1.82, 2.24) is 9.80 Å². The van der Waals surface area contributed by atoms with E-state index in [4.69, 9.17) is 16.3 Å². The predicted octanol–water partition coefficient (Wildman–Crippen LogP) is 1.74. The summed E-state index contributed by atoms with van der Waals surface area (Å²) >= 11 is 5.69. The van der Waals surface area contributed by atoms with Gasteiger partial charge in [0.1, 0.15) is 11.9 Å². The summed E-state index contributed by atoms with van der Waals surface area (Å²) < 4.78 is 19.1. The lowest BCUT2D eigenvalue weighted by Gasteiger charge is -2.35. The number of hydrogen-bond acceptors (Lipinski definition) is 4. The topological polar surface area (TPSA) is 61.9 Å². The SMILES string of the molecule is O=C(CN1CCN(C(=O)[C@@H]2CCCO2)CC1)Nc1ccc(Cl)cc1F. The molecule has 0 radical (unpaired) electrons. The van der Waals surface area contributed by atoms with Crippen LogP contribution in [0, 0.1) is 5.82 Å².